The molecule has 2 amide bonds. The Morgan fingerprint density at radius 1 is 1.13 bits per heavy atom. The third-order valence-corrected chi connectivity index (χ3v) is 3.98. The molecule has 1 aromatic heterocycles. The number of aromatic nitrogens is 1. The molecule has 0 atom stereocenters. The van der Waals surface area contributed by atoms with Gasteiger partial charge in [-0.1, -0.05) is 6.07 Å². The van der Waals surface area contributed by atoms with Gasteiger partial charge in [-0.2, -0.15) is 0 Å². The van der Waals surface area contributed by atoms with Gasteiger partial charge < -0.3 is 25.4 Å². The molecule has 0 aliphatic rings. The standard InChI is InChI=1S/C22H29FN4O4/c1-22(2,3)31-21(29)26-12-10-18(28)27-17-9-8-15(23)19(16-7-5-6-11-24-16)20(17)25-13-14-30-4/h5-9,11,25H,10,12-14H2,1-4H3,(H,26,29)(H,27,28). The number of carbonyl (C=O) groups excluding carboxylic acids is 2. The smallest absolute Gasteiger partial charge is 0.407 e. The molecule has 1 aromatic carbocycles. The molecule has 0 radical (unpaired) electrons. The second-order valence-electron chi connectivity index (χ2n) is 7.71. The first kappa shape index (κ1) is 24.1. The monoisotopic (exact) mass is 432 g/mol. The predicted molar refractivity (Wildman–Crippen MR) is 117 cm³/mol. The summed E-state index contributed by atoms with van der Waals surface area (Å²) in [6.45, 7) is 6.16. The van der Waals surface area contributed by atoms with Gasteiger partial charge in [0.2, 0.25) is 5.91 Å². The van der Waals surface area contributed by atoms with Gasteiger partial charge in [-0.3, -0.25) is 9.78 Å². The Kier molecular flexibility index (Phi) is 8.75. The Labute approximate surface area is 181 Å². The van der Waals surface area contributed by atoms with E-state index < -0.39 is 17.5 Å². The SMILES string of the molecule is COCCNc1c(NC(=O)CCNC(=O)OC(C)(C)C)ccc(F)c1-c1ccccn1. The fourth-order valence-electron chi connectivity index (χ4n) is 2.71. The van der Waals surface area contributed by atoms with Crippen LogP contribution in [-0.4, -0.2) is 49.4 Å². The summed E-state index contributed by atoms with van der Waals surface area (Å²) >= 11 is 0. The topological polar surface area (TPSA) is 102 Å². The van der Waals surface area contributed by atoms with Crippen LogP contribution in [-0.2, 0) is 14.3 Å². The summed E-state index contributed by atoms with van der Waals surface area (Å²) < 4.78 is 24.9. The van der Waals surface area contributed by atoms with E-state index in [1.54, 1.807) is 52.3 Å². The van der Waals surface area contributed by atoms with Crippen molar-refractivity contribution in [1.82, 2.24) is 10.3 Å². The minimum Gasteiger partial charge on any atom is -0.444 e. The van der Waals surface area contributed by atoms with Crippen LogP contribution in [0.5, 0.6) is 0 Å². The summed E-state index contributed by atoms with van der Waals surface area (Å²) in [5.41, 5.74) is 0.874. The lowest BCUT2D eigenvalue weighted by Crippen LogP contribution is -2.34. The molecule has 168 valence electrons. The van der Waals surface area contributed by atoms with Crippen LogP contribution in [0.2, 0.25) is 0 Å². The summed E-state index contributed by atoms with van der Waals surface area (Å²) in [7, 11) is 1.56. The normalized spacial score (nSPS) is 11.0. The van der Waals surface area contributed by atoms with E-state index in [1.165, 1.54) is 12.1 Å². The lowest BCUT2D eigenvalue weighted by Gasteiger charge is -2.20. The number of methoxy groups -OCH3 is 1. The van der Waals surface area contributed by atoms with Gasteiger partial charge in [0.25, 0.3) is 0 Å². The van der Waals surface area contributed by atoms with Crippen molar-refractivity contribution >= 4 is 23.4 Å². The molecule has 9 heteroatoms. The van der Waals surface area contributed by atoms with Gasteiger partial charge >= 0.3 is 6.09 Å². The predicted octanol–water partition coefficient (Wildman–Crippen LogP) is 3.80. The molecule has 0 bridgehead atoms. The van der Waals surface area contributed by atoms with Gasteiger partial charge in [-0.25, -0.2) is 9.18 Å². The van der Waals surface area contributed by atoms with Crippen molar-refractivity contribution < 1.29 is 23.5 Å². The van der Waals surface area contributed by atoms with Crippen molar-refractivity contribution in [2.45, 2.75) is 32.8 Å². The van der Waals surface area contributed by atoms with Gasteiger partial charge in [0, 0.05) is 32.8 Å². The molecular formula is C22H29FN4O4. The maximum atomic E-state index is 14.7. The number of hydrogen-bond acceptors (Lipinski definition) is 6. The van der Waals surface area contributed by atoms with Crippen LogP contribution in [0.15, 0.2) is 36.5 Å². The molecule has 0 saturated carbocycles. The van der Waals surface area contributed by atoms with E-state index in [9.17, 15) is 14.0 Å². The van der Waals surface area contributed by atoms with Gasteiger partial charge in [0.1, 0.15) is 11.4 Å². The van der Waals surface area contributed by atoms with Crippen molar-refractivity contribution in [2.75, 3.05) is 37.4 Å². The first-order chi connectivity index (χ1) is 14.7. The first-order valence-electron chi connectivity index (χ1n) is 9.94. The number of hydrogen-bond donors (Lipinski definition) is 3. The zero-order valence-electron chi connectivity index (χ0n) is 18.3. The summed E-state index contributed by atoms with van der Waals surface area (Å²) in [5.74, 6) is -0.812. The number of amides is 2. The van der Waals surface area contributed by atoms with E-state index in [4.69, 9.17) is 9.47 Å². The highest BCUT2D eigenvalue weighted by atomic mass is 19.1. The highest BCUT2D eigenvalue weighted by Crippen LogP contribution is 2.35. The molecule has 0 fully saturated rings. The minimum absolute atomic E-state index is 0.0209. The Morgan fingerprint density at radius 3 is 2.55 bits per heavy atom. The number of pyridine rings is 1. The van der Waals surface area contributed by atoms with Crippen LogP contribution in [0, 0.1) is 5.82 Å². The zero-order valence-corrected chi connectivity index (χ0v) is 18.3. The second-order valence-corrected chi connectivity index (χ2v) is 7.71. The fourth-order valence-corrected chi connectivity index (χ4v) is 2.71. The molecule has 0 aliphatic heterocycles. The number of nitrogens with zero attached hydrogens (tertiary/aromatic N) is 1. The number of carbonyl (C=O) groups is 2. The second kappa shape index (κ2) is 11.3. The highest BCUT2D eigenvalue weighted by molar-refractivity contribution is 5.98. The summed E-state index contributed by atoms with van der Waals surface area (Å²) in [4.78, 5) is 28.4. The Bertz CT molecular complexity index is 885. The summed E-state index contributed by atoms with van der Waals surface area (Å²) in [6.07, 6.45) is 0.996. The van der Waals surface area contributed by atoms with Crippen molar-refractivity contribution in [1.29, 1.82) is 0 Å². The number of nitrogens with one attached hydrogen (secondary N) is 3. The molecule has 2 rings (SSSR count). The van der Waals surface area contributed by atoms with Crippen molar-refractivity contribution in [3.05, 3.63) is 42.3 Å². The minimum atomic E-state index is -0.620. The number of benzene rings is 1. The molecule has 0 aliphatic carbocycles. The largest absolute Gasteiger partial charge is 0.444 e. The first-order valence-corrected chi connectivity index (χ1v) is 9.94. The van der Waals surface area contributed by atoms with E-state index in [0.29, 0.717) is 30.2 Å². The maximum absolute atomic E-state index is 14.7. The molecule has 3 N–H and O–H groups in total. The lowest BCUT2D eigenvalue weighted by molar-refractivity contribution is -0.116. The molecule has 0 unspecified atom stereocenters. The highest BCUT2D eigenvalue weighted by Gasteiger charge is 2.19. The molecular weight excluding hydrogens is 403 g/mol. The van der Waals surface area contributed by atoms with Gasteiger partial charge in [-0.05, 0) is 45.0 Å². The van der Waals surface area contributed by atoms with Crippen LogP contribution in [0.1, 0.15) is 27.2 Å². The lowest BCUT2D eigenvalue weighted by atomic mass is 10.1. The summed E-state index contributed by atoms with van der Waals surface area (Å²) in [6, 6.07) is 7.95. The van der Waals surface area contributed by atoms with Crippen LogP contribution < -0.4 is 16.0 Å². The zero-order chi connectivity index (χ0) is 22.9. The van der Waals surface area contributed by atoms with Gasteiger partial charge in [0.05, 0.1) is 29.2 Å². The van der Waals surface area contributed by atoms with E-state index >= 15 is 0 Å². The van der Waals surface area contributed by atoms with Crippen molar-refractivity contribution in [3.8, 4) is 11.3 Å². The van der Waals surface area contributed by atoms with Crippen LogP contribution in [0.25, 0.3) is 11.3 Å². The van der Waals surface area contributed by atoms with E-state index in [0.717, 1.165) is 0 Å². The summed E-state index contributed by atoms with van der Waals surface area (Å²) in [5, 5.41) is 8.42. The number of anilines is 2. The molecule has 1 heterocycles. The van der Waals surface area contributed by atoms with Crippen molar-refractivity contribution in [2.24, 2.45) is 0 Å². The molecule has 31 heavy (non-hydrogen) atoms. The molecule has 2 aromatic rings. The van der Waals surface area contributed by atoms with Crippen LogP contribution in [0.3, 0.4) is 0 Å². The number of halogens is 1. The third-order valence-electron chi connectivity index (χ3n) is 3.98. The number of rotatable bonds is 9. The quantitative estimate of drug-likeness (QED) is 0.521. The third kappa shape index (κ3) is 7.86. The van der Waals surface area contributed by atoms with Gasteiger partial charge in [0.15, 0.2) is 0 Å². The maximum Gasteiger partial charge on any atom is 0.407 e. The average molecular weight is 432 g/mol. The number of alkyl carbamates (subject to hydrolysis) is 1. The van der Waals surface area contributed by atoms with Crippen molar-refractivity contribution in [3.63, 3.8) is 0 Å². The van der Waals surface area contributed by atoms with Crippen LogP contribution >= 0.6 is 0 Å². The Balaban J connectivity index is 2.14. The Morgan fingerprint density at radius 2 is 1.90 bits per heavy atom. The van der Waals surface area contributed by atoms with Gasteiger partial charge in [-0.15, -0.1) is 0 Å². The molecule has 0 saturated heterocycles. The van der Waals surface area contributed by atoms with E-state index in [-0.39, 0.29) is 24.4 Å². The number of ether oxygens (including phenoxy) is 2. The Hall–Kier alpha value is -3.20. The van der Waals surface area contributed by atoms with Crippen LogP contribution in [0.4, 0.5) is 20.6 Å². The fraction of sp³-hybridized carbons (Fsp3) is 0.409. The molecule has 0 spiro atoms. The van der Waals surface area contributed by atoms with E-state index in [1.807, 2.05) is 0 Å². The van der Waals surface area contributed by atoms with E-state index in [2.05, 4.69) is 20.9 Å². The average Bonchev–Trinajstić information content (AvgIpc) is 2.69. The molecule has 8 nitrogen and oxygen atoms in total.